The van der Waals surface area contributed by atoms with E-state index < -0.39 is 0 Å². The van der Waals surface area contributed by atoms with Crippen LogP contribution in [0.1, 0.15) is 36.6 Å². The summed E-state index contributed by atoms with van der Waals surface area (Å²) >= 11 is 0. The normalized spacial score (nSPS) is 16.2. The molecule has 1 fully saturated rings. The van der Waals surface area contributed by atoms with Crippen molar-refractivity contribution in [3.8, 4) is 0 Å². The molecule has 6 nitrogen and oxygen atoms in total. The highest BCUT2D eigenvalue weighted by Gasteiger charge is 2.16. The first-order valence-electron chi connectivity index (χ1n) is 10.6. The van der Waals surface area contributed by atoms with Crippen molar-refractivity contribution in [3.05, 3.63) is 59.4 Å². The second-order valence-corrected chi connectivity index (χ2v) is 7.96. The number of guanidine groups is 1. The Morgan fingerprint density at radius 3 is 2.48 bits per heavy atom. The van der Waals surface area contributed by atoms with Crippen LogP contribution in [0.5, 0.6) is 0 Å². The fourth-order valence-corrected chi connectivity index (χ4v) is 3.70. The Kier molecular flexibility index (Phi) is 7.72. The number of nitrogens with one attached hydrogen (secondary N) is 1. The first kappa shape index (κ1) is 21.4. The molecule has 1 aromatic heterocycles. The number of piperidine rings is 1. The molecule has 2 aromatic rings. The molecule has 0 bridgehead atoms. The Morgan fingerprint density at radius 2 is 1.86 bits per heavy atom. The summed E-state index contributed by atoms with van der Waals surface area (Å²) in [5.41, 5.74) is 3.79. The van der Waals surface area contributed by atoms with E-state index >= 15 is 0 Å². The predicted molar refractivity (Wildman–Crippen MR) is 119 cm³/mol. The topological polar surface area (TPSA) is 56.0 Å². The van der Waals surface area contributed by atoms with Gasteiger partial charge in [-0.05, 0) is 43.0 Å². The van der Waals surface area contributed by atoms with Crippen molar-refractivity contribution in [2.24, 2.45) is 12.0 Å². The van der Waals surface area contributed by atoms with Gasteiger partial charge in [-0.3, -0.25) is 4.90 Å². The Hall–Kier alpha value is -2.31. The van der Waals surface area contributed by atoms with Crippen LogP contribution in [0.2, 0.25) is 0 Å². The number of nitrogens with zero attached hydrogens (tertiary/aromatic N) is 4. The standard InChI is InChI=1S/C23H35N5O/c1-4-24-23(27(3)18-21-6-5-13-26(21)2)25-16-19-7-9-20(10-8-19)17-28-14-11-22(29)12-15-28/h5-10,13,22,29H,4,11-12,14-18H2,1-3H3,(H,24,25). The highest BCUT2D eigenvalue weighted by molar-refractivity contribution is 5.79. The quantitative estimate of drug-likeness (QED) is 0.557. The van der Waals surface area contributed by atoms with Gasteiger partial charge in [0.25, 0.3) is 0 Å². The molecule has 0 spiro atoms. The molecular weight excluding hydrogens is 362 g/mol. The Balaban J connectivity index is 1.56. The molecule has 0 amide bonds. The Morgan fingerprint density at radius 1 is 1.17 bits per heavy atom. The summed E-state index contributed by atoms with van der Waals surface area (Å²) in [6, 6.07) is 13.0. The van der Waals surface area contributed by atoms with Crippen LogP contribution in [0, 0.1) is 0 Å². The Labute approximate surface area is 174 Å². The number of aliphatic hydroxyl groups is 1. The van der Waals surface area contributed by atoms with E-state index in [2.05, 4.69) is 83.3 Å². The lowest BCUT2D eigenvalue weighted by atomic mass is 10.1. The monoisotopic (exact) mass is 397 g/mol. The lowest BCUT2D eigenvalue weighted by Gasteiger charge is -2.29. The van der Waals surface area contributed by atoms with E-state index in [0.29, 0.717) is 6.54 Å². The second kappa shape index (κ2) is 10.5. The number of benzene rings is 1. The second-order valence-electron chi connectivity index (χ2n) is 7.96. The van der Waals surface area contributed by atoms with Crippen LogP contribution in [0.25, 0.3) is 0 Å². The number of aliphatic hydroxyl groups excluding tert-OH is 1. The molecule has 2 heterocycles. The van der Waals surface area contributed by atoms with Crippen molar-refractivity contribution < 1.29 is 5.11 Å². The van der Waals surface area contributed by atoms with Gasteiger partial charge >= 0.3 is 0 Å². The van der Waals surface area contributed by atoms with Gasteiger partial charge in [0, 0.05) is 52.2 Å². The third-order valence-corrected chi connectivity index (χ3v) is 5.54. The minimum absolute atomic E-state index is 0.114. The molecule has 2 N–H and O–H groups in total. The highest BCUT2D eigenvalue weighted by Crippen LogP contribution is 2.14. The summed E-state index contributed by atoms with van der Waals surface area (Å²) in [5.74, 6) is 0.921. The summed E-state index contributed by atoms with van der Waals surface area (Å²) in [5, 5.41) is 13.0. The van der Waals surface area contributed by atoms with E-state index in [1.807, 2.05) is 0 Å². The van der Waals surface area contributed by atoms with E-state index in [0.717, 1.165) is 51.5 Å². The van der Waals surface area contributed by atoms with Gasteiger partial charge in [0.05, 0.1) is 19.2 Å². The van der Waals surface area contributed by atoms with Crippen LogP contribution in [0.15, 0.2) is 47.6 Å². The first-order chi connectivity index (χ1) is 14.0. The van der Waals surface area contributed by atoms with E-state index in [1.54, 1.807) is 0 Å². The van der Waals surface area contributed by atoms with Gasteiger partial charge in [0.1, 0.15) is 0 Å². The summed E-state index contributed by atoms with van der Waals surface area (Å²) < 4.78 is 2.14. The third kappa shape index (κ3) is 6.34. The first-order valence-corrected chi connectivity index (χ1v) is 10.6. The van der Waals surface area contributed by atoms with Crippen LogP contribution >= 0.6 is 0 Å². The molecule has 0 aliphatic carbocycles. The molecular formula is C23H35N5O. The van der Waals surface area contributed by atoms with Crippen LogP contribution in [-0.2, 0) is 26.7 Å². The molecule has 1 saturated heterocycles. The maximum atomic E-state index is 9.65. The largest absolute Gasteiger partial charge is 0.393 e. The fourth-order valence-electron chi connectivity index (χ4n) is 3.70. The highest BCUT2D eigenvalue weighted by atomic mass is 16.3. The molecule has 29 heavy (non-hydrogen) atoms. The molecule has 3 rings (SSSR count). The molecule has 0 saturated carbocycles. The lowest BCUT2D eigenvalue weighted by Crippen LogP contribution is -2.38. The number of hydrogen-bond acceptors (Lipinski definition) is 3. The summed E-state index contributed by atoms with van der Waals surface area (Å²) in [6.45, 7) is 7.34. The van der Waals surface area contributed by atoms with E-state index in [-0.39, 0.29) is 6.10 Å². The van der Waals surface area contributed by atoms with Gasteiger partial charge in [-0.25, -0.2) is 4.99 Å². The summed E-state index contributed by atoms with van der Waals surface area (Å²) in [7, 11) is 4.15. The molecule has 1 aliphatic heterocycles. The number of rotatable bonds is 7. The van der Waals surface area contributed by atoms with Gasteiger partial charge in [-0.2, -0.15) is 0 Å². The molecule has 1 aromatic carbocycles. The number of aromatic nitrogens is 1. The van der Waals surface area contributed by atoms with Crippen molar-refractivity contribution in [1.82, 2.24) is 19.7 Å². The van der Waals surface area contributed by atoms with E-state index in [9.17, 15) is 5.11 Å². The van der Waals surface area contributed by atoms with E-state index in [4.69, 9.17) is 4.99 Å². The predicted octanol–water partition coefficient (Wildman–Crippen LogP) is 2.58. The van der Waals surface area contributed by atoms with Gasteiger partial charge in [-0.15, -0.1) is 0 Å². The van der Waals surface area contributed by atoms with Crippen LogP contribution in [-0.4, -0.2) is 58.2 Å². The van der Waals surface area contributed by atoms with E-state index in [1.165, 1.54) is 16.8 Å². The minimum atomic E-state index is -0.114. The van der Waals surface area contributed by atoms with Crippen molar-refractivity contribution in [2.45, 2.75) is 45.5 Å². The van der Waals surface area contributed by atoms with Crippen molar-refractivity contribution in [1.29, 1.82) is 0 Å². The van der Waals surface area contributed by atoms with Crippen LogP contribution in [0.3, 0.4) is 0 Å². The minimum Gasteiger partial charge on any atom is -0.393 e. The molecule has 158 valence electrons. The lowest BCUT2D eigenvalue weighted by molar-refractivity contribution is 0.0792. The number of likely N-dealkylation sites (tertiary alicyclic amines) is 1. The zero-order valence-electron chi connectivity index (χ0n) is 18.0. The average molecular weight is 398 g/mol. The maximum absolute atomic E-state index is 9.65. The van der Waals surface area contributed by atoms with Gasteiger partial charge < -0.3 is 19.9 Å². The van der Waals surface area contributed by atoms with Gasteiger partial charge in [0.2, 0.25) is 0 Å². The molecule has 6 heteroatoms. The number of aliphatic imine (C=N–C) groups is 1. The fraction of sp³-hybridized carbons (Fsp3) is 0.522. The van der Waals surface area contributed by atoms with Gasteiger partial charge in [0.15, 0.2) is 5.96 Å². The number of aryl methyl sites for hydroxylation is 1. The summed E-state index contributed by atoms with van der Waals surface area (Å²) in [4.78, 5) is 9.41. The van der Waals surface area contributed by atoms with Crippen molar-refractivity contribution in [2.75, 3.05) is 26.7 Å². The smallest absolute Gasteiger partial charge is 0.194 e. The van der Waals surface area contributed by atoms with Crippen LogP contribution in [0.4, 0.5) is 0 Å². The molecule has 1 aliphatic rings. The third-order valence-electron chi connectivity index (χ3n) is 5.54. The SMILES string of the molecule is CCNC(=NCc1ccc(CN2CCC(O)CC2)cc1)N(C)Cc1cccn1C. The van der Waals surface area contributed by atoms with Crippen LogP contribution < -0.4 is 5.32 Å². The summed E-state index contributed by atoms with van der Waals surface area (Å²) in [6.07, 6.45) is 3.73. The zero-order chi connectivity index (χ0) is 20.6. The molecule has 0 radical (unpaired) electrons. The molecule has 0 unspecified atom stereocenters. The zero-order valence-corrected chi connectivity index (χ0v) is 18.0. The average Bonchev–Trinajstić information content (AvgIpc) is 3.12. The Bertz CT molecular complexity index is 775. The number of hydrogen-bond donors (Lipinski definition) is 2. The maximum Gasteiger partial charge on any atom is 0.194 e. The van der Waals surface area contributed by atoms with Crippen molar-refractivity contribution in [3.63, 3.8) is 0 Å². The van der Waals surface area contributed by atoms with Crippen molar-refractivity contribution >= 4 is 5.96 Å². The molecule has 0 atom stereocenters. The van der Waals surface area contributed by atoms with Gasteiger partial charge in [-0.1, -0.05) is 24.3 Å².